The molecule has 3 aromatic rings. The Balaban J connectivity index is 1.88. The molecule has 0 amide bonds. The molecule has 0 aliphatic heterocycles. The molecule has 0 N–H and O–H groups in total. The summed E-state index contributed by atoms with van der Waals surface area (Å²) in [5.74, 6) is 2.97. The highest BCUT2D eigenvalue weighted by Crippen LogP contribution is 2.35. The van der Waals surface area contributed by atoms with Gasteiger partial charge in [0, 0.05) is 37.1 Å². The lowest BCUT2D eigenvalue weighted by Crippen LogP contribution is -2.22. The quantitative estimate of drug-likeness (QED) is 0.571. The molecular weight excluding hydrogens is 344 g/mol. The molecule has 0 radical (unpaired) electrons. The van der Waals surface area contributed by atoms with E-state index in [1.807, 2.05) is 36.5 Å². The van der Waals surface area contributed by atoms with Crippen molar-refractivity contribution in [1.82, 2.24) is 9.88 Å². The number of methoxy groups -OCH3 is 3. The van der Waals surface area contributed by atoms with Gasteiger partial charge in [-0.2, -0.15) is 0 Å². The van der Waals surface area contributed by atoms with Crippen molar-refractivity contribution in [3.63, 3.8) is 0 Å². The van der Waals surface area contributed by atoms with Crippen LogP contribution in [0.25, 0.3) is 0 Å². The van der Waals surface area contributed by atoms with E-state index < -0.39 is 0 Å². The van der Waals surface area contributed by atoms with Crippen LogP contribution in [0.15, 0.2) is 59.5 Å². The largest absolute Gasteiger partial charge is 0.496 e. The second kappa shape index (κ2) is 9.09. The van der Waals surface area contributed by atoms with Crippen molar-refractivity contribution in [3.8, 4) is 17.2 Å². The van der Waals surface area contributed by atoms with Crippen LogP contribution in [0, 0.1) is 0 Å². The van der Waals surface area contributed by atoms with E-state index in [4.69, 9.17) is 18.6 Å². The van der Waals surface area contributed by atoms with Gasteiger partial charge in [-0.05, 0) is 29.8 Å². The highest BCUT2D eigenvalue weighted by molar-refractivity contribution is 5.50. The number of nitrogens with zero attached hydrogens (tertiary/aromatic N) is 2. The molecule has 0 saturated carbocycles. The van der Waals surface area contributed by atoms with E-state index in [2.05, 4.69) is 16.0 Å². The summed E-state index contributed by atoms with van der Waals surface area (Å²) >= 11 is 0. The number of hydrogen-bond acceptors (Lipinski definition) is 6. The summed E-state index contributed by atoms with van der Waals surface area (Å²) in [5.41, 5.74) is 2.13. The van der Waals surface area contributed by atoms with Crippen LogP contribution in [0.3, 0.4) is 0 Å². The van der Waals surface area contributed by atoms with E-state index in [-0.39, 0.29) is 0 Å². The summed E-state index contributed by atoms with van der Waals surface area (Å²) in [4.78, 5) is 6.48. The minimum absolute atomic E-state index is 0.642. The van der Waals surface area contributed by atoms with Crippen molar-refractivity contribution < 1.29 is 18.6 Å². The maximum Gasteiger partial charge on any atom is 0.164 e. The van der Waals surface area contributed by atoms with Crippen molar-refractivity contribution in [2.45, 2.75) is 19.6 Å². The van der Waals surface area contributed by atoms with E-state index >= 15 is 0 Å². The molecule has 0 atom stereocenters. The van der Waals surface area contributed by atoms with Crippen LogP contribution in [-0.2, 0) is 19.6 Å². The maximum absolute atomic E-state index is 5.58. The van der Waals surface area contributed by atoms with E-state index in [1.54, 1.807) is 33.8 Å². The second-order valence-electron chi connectivity index (χ2n) is 6.10. The molecule has 0 aliphatic rings. The Morgan fingerprint density at radius 1 is 0.889 bits per heavy atom. The fraction of sp³-hybridized carbons (Fsp3) is 0.286. The first-order valence-electron chi connectivity index (χ1n) is 8.66. The van der Waals surface area contributed by atoms with Crippen LogP contribution in [0.2, 0.25) is 0 Å². The van der Waals surface area contributed by atoms with Crippen LogP contribution in [0.5, 0.6) is 17.2 Å². The summed E-state index contributed by atoms with van der Waals surface area (Å²) in [6.07, 6.45) is 5.34. The third-order valence-corrected chi connectivity index (χ3v) is 4.27. The predicted octanol–water partition coefficient (Wildman–Crippen LogP) is 3.90. The topological polar surface area (TPSA) is 57.0 Å². The molecular formula is C21H24N2O4. The number of rotatable bonds is 9. The van der Waals surface area contributed by atoms with Crippen LogP contribution in [-0.4, -0.2) is 31.2 Å². The molecule has 3 rings (SSSR count). The molecule has 0 bridgehead atoms. The molecule has 1 aromatic carbocycles. The molecule has 0 spiro atoms. The van der Waals surface area contributed by atoms with Crippen molar-refractivity contribution in [1.29, 1.82) is 0 Å². The first-order chi connectivity index (χ1) is 13.2. The van der Waals surface area contributed by atoms with Gasteiger partial charge in [0.1, 0.15) is 11.5 Å². The van der Waals surface area contributed by atoms with E-state index in [0.29, 0.717) is 24.6 Å². The standard InChI is InChI=1S/C21H24N2O4/c1-24-19-11-21(26-3)20(25-2)10-17(19)14-23(15-18-7-5-9-27-18)13-16-6-4-8-22-12-16/h4-12H,13-15H2,1-3H3. The average molecular weight is 368 g/mol. The minimum atomic E-state index is 0.642. The number of furan rings is 1. The van der Waals surface area contributed by atoms with Crippen LogP contribution >= 0.6 is 0 Å². The van der Waals surface area contributed by atoms with Gasteiger partial charge < -0.3 is 18.6 Å². The van der Waals surface area contributed by atoms with Gasteiger partial charge in [0.15, 0.2) is 11.5 Å². The minimum Gasteiger partial charge on any atom is -0.496 e. The first-order valence-corrected chi connectivity index (χ1v) is 8.66. The van der Waals surface area contributed by atoms with Crippen LogP contribution < -0.4 is 14.2 Å². The zero-order valence-corrected chi connectivity index (χ0v) is 15.8. The third-order valence-electron chi connectivity index (χ3n) is 4.27. The highest BCUT2D eigenvalue weighted by atomic mass is 16.5. The highest BCUT2D eigenvalue weighted by Gasteiger charge is 2.16. The molecule has 0 unspecified atom stereocenters. The maximum atomic E-state index is 5.58. The van der Waals surface area contributed by atoms with E-state index in [0.717, 1.165) is 29.2 Å². The zero-order valence-electron chi connectivity index (χ0n) is 15.8. The number of ether oxygens (including phenoxy) is 3. The molecule has 0 saturated heterocycles. The molecule has 2 aromatic heterocycles. The zero-order chi connectivity index (χ0) is 19.1. The fourth-order valence-corrected chi connectivity index (χ4v) is 3.00. The Kier molecular flexibility index (Phi) is 6.33. The van der Waals surface area contributed by atoms with Crippen LogP contribution in [0.4, 0.5) is 0 Å². The van der Waals surface area contributed by atoms with Crippen molar-refractivity contribution in [2.75, 3.05) is 21.3 Å². The fourth-order valence-electron chi connectivity index (χ4n) is 3.00. The Bertz CT molecular complexity index is 835. The normalized spacial score (nSPS) is 10.8. The van der Waals surface area contributed by atoms with Gasteiger partial charge in [-0.1, -0.05) is 6.07 Å². The monoisotopic (exact) mass is 368 g/mol. The van der Waals surface area contributed by atoms with Crippen LogP contribution in [0.1, 0.15) is 16.9 Å². The van der Waals surface area contributed by atoms with Gasteiger partial charge in [0.2, 0.25) is 0 Å². The van der Waals surface area contributed by atoms with Gasteiger partial charge in [-0.3, -0.25) is 9.88 Å². The molecule has 6 heteroatoms. The second-order valence-corrected chi connectivity index (χ2v) is 6.10. The van der Waals surface area contributed by atoms with Gasteiger partial charge in [-0.25, -0.2) is 0 Å². The molecule has 27 heavy (non-hydrogen) atoms. The number of aromatic nitrogens is 1. The lowest BCUT2D eigenvalue weighted by Gasteiger charge is -2.23. The number of benzene rings is 1. The lowest BCUT2D eigenvalue weighted by molar-refractivity contribution is 0.223. The lowest BCUT2D eigenvalue weighted by atomic mass is 10.1. The predicted molar refractivity (Wildman–Crippen MR) is 102 cm³/mol. The van der Waals surface area contributed by atoms with Crippen molar-refractivity contribution in [3.05, 3.63) is 71.9 Å². The number of pyridine rings is 1. The van der Waals surface area contributed by atoms with Crippen molar-refractivity contribution >= 4 is 0 Å². The van der Waals surface area contributed by atoms with E-state index in [9.17, 15) is 0 Å². The summed E-state index contributed by atoms with van der Waals surface area (Å²) in [6.45, 7) is 2.05. The molecule has 142 valence electrons. The summed E-state index contributed by atoms with van der Waals surface area (Å²) in [6, 6.07) is 11.7. The molecule has 6 nitrogen and oxygen atoms in total. The van der Waals surface area contributed by atoms with Gasteiger partial charge in [-0.15, -0.1) is 0 Å². The third kappa shape index (κ3) is 4.80. The Hall–Kier alpha value is -2.99. The first kappa shape index (κ1) is 18.8. The summed E-state index contributed by atoms with van der Waals surface area (Å²) in [5, 5.41) is 0. The molecule has 0 fully saturated rings. The molecule has 0 aliphatic carbocycles. The summed E-state index contributed by atoms with van der Waals surface area (Å²) in [7, 11) is 4.90. The number of hydrogen-bond donors (Lipinski definition) is 0. The molecule has 2 heterocycles. The SMILES string of the molecule is COc1cc(OC)c(OC)cc1CN(Cc1cccnc1)Cc1ccco1. The Labute approximate surface area is 159 Å². The average Bonchev–Trinajstić information content (AvgIpc) is 3.21. The van der Waals surface area contributed by atoms with Crippen molar-refractivity contribution in [2.24, 2.45) is 0 Å². The van der Waals surface area contributed by atoms with Gasteiger partial charge in [0.05, 0.1) is 34.1 Å². The summed E-state index contributed by atoms with van der Waals surface area (Å²) < 4.78 is 22.0. The van der Waals surface area contributed by atoms with Gasteiger partial charge >= 0.3 is 0 Å². The van der Waals surface area contributed by atoms with E-state index in [1.165, 1.54) is 0 Å². The Morgan fingerprint density at radius 3 is 2.30 bits per heavy atom. The Morgan fingerprint density at radius 2 is 1.67 bits per heavy atom. The smallest absolute Gasteiger partial charge is 0.164 e. The van der Waals surface area contributed by atoms with Gasteiger partial charge in [0.25, 0.3) is 0 Å².